The standard InChI is InChI=1S/C8H8Cl2F2N2O2S/c1-14(4-7(11)12)17(15,16)5-2-6(9)8(10)13-3-5/h2-3,7H,4H2,1H3. The van der Waals surface area contributed by atoms with Gasteiger partial charge >= 0.3 is 0 Å². The molecule has 17 heavy (non-hydrogen) atoms. The van der Waals surface area contributed by atoms with Crippen molar-refractivity contribution in [3.05, 3.63) is 22.4 Å². The zero-order valence-electron chi connectivity index (χ0n) is 8.57. The topological polar surface area (TPSA) is 50.3 Å². The van der Waals surface area contributed by atoms with E-state index in [9.17, 15) is 17.2 Å². The van der Waals surface area contributed by atoms with E-state index in [1.54, 1.807) is 0 Å². The largest absolute Gasteiger partial charge is 0.252 e. The van der Waals surface area contributed by atoms with Gasteiger partial charge in [0.1, 0.15) is 10.0 Å². The third-order valence-electron chi connectivity index (χ3n) is 1.87. The highest BCUT2D eigenvalue weighted by atomic mass is 35.5. The van der Waals surface area contributed by atoms with Crippen LogP contribution in [0.4, 0.5) is 8.78 Å². The van der Waals surface area contributed by atoms with Crippen molar-refractivity contribution in [2.24, 2.45) is 0 Å². The van der Waals surface area contributed by atoms with E-state index >= 15 is 0 Å². The molecule has 0 saturated heterocycles. The number of pyridine rings is 1. The van der Waals surface area contributed by atoms with Crippen LogP contribution in [0.25, 0.3) is 0 Å². The fourth-order valence-electron chi connectivity index (χ4n) is 1.02. The van der Waals surface area contributed by atoms with Crippen molar-refractivity contribution in [3.8, 4) is 0 Å². The Hall–Kier alpha value is -0.500. The summed E-state index contributed by atoms with van der Waals surface area (Å²) in [6.45, 7) is -0.900. The summed E-state index contributed by atoms with van der Waals surface area (Å²) in [5.74, 6) is 0. The predicted octanol–water partition coefficient (Wildman–Crippen LogP) is 2.27. The number of hydrogen-bond acceptors (Lipinski definition) is 3. The van der Waals surface area contributed by atoms with E-state index in [2.05, 4.69) is 4.98 Å². The lowest BCUT2D eigenvalue weighted by Crippen LogP contribution is -2.31. The number of hydrogen-bond donors (Lipinski definition) is 0. The Balaban J connectivity index is 3.09. The maximum Gasteiger partial charge on any atom is 0.252 e. The molecular weight excluding hydrogens is 297 g/mol. The number of alkyl halides is 2. The van der Waals surface area contributed by atoms with E-state index in [4.69, 9.17) is 23.2 Å². The summed E-state index contributed by atoms with van der Waals surface area (Å²) >= 11 is 11.1. The first-order valence-corrected chi connectivity index (χ1v) is 6.50. The first-order valence-electron chi connectivity index (χ1n) is 4.30. The van der Waals surface area contributed by atoms with Gasteiger partial charge in [-0.15, -0.1) is 0 Å². The van der Waals surface area contributed by atoms with E-state index in [0.717, 1.165) is 19.3 Å². The molecule has 0 aliphatic heterocycles. The second-order valence-corrected chi connectivity index (χ2v) is 5.93. The first kappa shape index (κ1) is 14.6. The van der Waals surface area contributed by atoms with Crippen molar-refractivity contribution in [3.63, 3.8) is 0 Å². The number of halogens is 4. The van der Waals surface area contributed by atoms with E-state index in [1.807, 2.05) is 0 Å². The lowest BCUT2D eigenvalue weighted by atomic mass is 10.5. The summed E-state index contributed by atoms with van der Waals surface area (Å²) in [5, 5.41) is -0.111. The average molecular weight is 305 g/mol. The molecule has 0 N–H and O–H groups in total. The maximum atomic E-state index is 12.1. The van der Waals surface area contributed by atoms with Gasteiger partial charge in [-0.1, -0.05) is 23.2 Å². The van der Waals surface area contributed by atoms with Crippen LogP contribution in [0.1, 0.15) is 0 Å². The van der Waals surface area contributed by atoms with Gasteiger partial charge in [-0.25, -0.2) is 22.2 Å². The second-order valence-electron chi connectivity index (χ2n) is 3.12. The molecule has 0 radical (unpaired) electrons. The van der Waals surface area contributed by atoms with Crippen molar-refractivity contribution < 1.29 is 17.2 Å². The normalized spacial score (nSPS) is 12.4. The summed E-state index contributed by atoms with van der Waals surface area (Å²) in [6, 6.07) is 1.06. The van der Waals surface area contributed by atoms with E-state index < -0.39 is 23.0 Å². The van der Waals surface area contributed by atoms with Crippen LogP contribution in [0.5, 0.6) is 0 Å². The number of rotatable bonds is 4. The van der Waals surface area contributed by atoms with Crippen molar-refractivity contribution in [2.75, 3.05) is 13.6 Å². The van der Waals surface area contributed by atoms with E-state index in [-0.39, 0.29) is 15.1 Å². The van der Waals surface area contributed by atoms with Crippen molar-refractivity contribution in [1.29, 1.82) is 0 Å². The van der Waals surface area contributed by atoms with E-state index in [1.165, 1.54) is 0 Å². The van der Waals surface area contributed by atoms with Crippen LogP contribution in [-0.2, 0) is 10.0 Å². The van der Waals surface area contributed by atoms with Crippen LogP contribution in [0.2, 0.25) is 10.2 Å². The third kappa shape index (κ3) is 3.48. The van der Waals surface area contributed by atoms with Crippen molar-refractivity contribution in [2.45, 2.75) is 11.3 Å². The van der Waals surface area contributed by atoms with Crippen LogP contribution >= 0.6 is 23.2 Å². The molecule has 1 rings (SSSR count). The molecule has 1 aromatic heterocycles. The third-order valence-corrected chi connectivity index (χ3v) is 4.35. The average Bonchev–Trinajstić information content (AvgIpc) is 2.20. The molecule has 0 aromatic carbocycles. The summed E-state index contributed by atoms with van der Waals surface area (Å²) in [7, 11) is -2.98. The molecular formula is C8H8Cl2F2N2O2S. The fraction of sp³-hybridized carbons (Fsp3) is 0.375. The molecule has 1 aromatic rings. The van der Waals surface area contributed by atoms with Gasteiger partial charge in [0, 0.05) is 13.2 Å². The van der Waals surface area contributed by atoms with Crippen molar-refractivity contribution in [1.82, 2.24) is 9.29 Å². The molecule has 0 fully saturated rings. The van der Waals surface area contributed by atoms with Crippen LogP contribution < -0.4 is 0 Å². The molecule has 9 heteroatoms. The molecule has 4 nitrogen and oxygen atoms in total. The van der Waals surface area contributed by atoms with Crippen LogP contribution in [-0.4, -0.2) is 37.7 Å². The highest BCUT2D eigenvalue weighted by molar-refractivity contribution is 7.89. The predicted molar refractivity (Wildman–Crippen MR) is 60.1 cm³/mol. The summed E-state index contributed by atoms with van der Waals surface area (Å²) in [5.41, 5.74) is 0. The maximum absolute atomic E-state index is 12.1. The monoisotopic (exact) mass is 304 g/mol. The Bertz CT molecular complexity index is 510. The molecule has 0 aliphatic carbocycles. The summed E-state index contributed by atoms with van der Waals surface area (Å²) < 4.78 is 48.3. The number of nitrogens with zero attached hydrogens (tertiary/aromatic N) is 2. The minimum absolute atomic E-state index is 0.0536. The summed E-state index contributed by atoms with van der Waals surface area (Å²) in [4.78, 5) is 3.26. The molecule has 0 atom stereocenters. The first-order chi connectivity index (χ1) is 7.75. The second kappa shape index (κ2) is 5.43. The number of sulfonamides is 1. The van der Waals surface area contributed by atoms with Gasteiger partial charge in [-0.3, -0.25) is 0 Å². The Morgan fingerprint density at radius 3 is 2.53 bits per heavy atom. The van der Waals surface area contributed by atoms with Gasteiger partial charge in [0.05, 0.1) is 11.6 Å². The molecule has 0 spiro atoms. The Kier molecular flexibility index (Phi) is 4.65. The zero-order valence-corrected chi connectivity index (χ0v) is 10.9. The quantitative estimate of drug-likeness (QED) is 0.802. The molecule has 0 bridgehead atoms. The SMILES string of the molecule is CN(CC(F)F)S(=O)(=O)c1cnc(Cl)c(Cl)c1. The van der Waals surface area contributed by atoms with Crippen molar-refractivity contribution >= 4 is 33.2 Å². The lowest BCUT2D eigenvalue weighted by molar-refractivity contribution is 0.126. The number of aromatic nitrogens is 1. The van der Waals surface area contributed by atoms with Gasteiger partial charge in [0.2, 0.25) is 10.0 Å². The van der Waals surface area contributed by atoms with Gasteiger partial charge in [-0.2, -0.15) is 4.31 Å². The minimum Gasteiger partial charge on any atom is -0.242 e. The highest BCUT2D eigenvalue weighted by Crippen LogP contribution is 2.23. The van der Waals surface area contributed by atoms with Crippen LogP contribution in [0.15, 0.2) is 17.2 Å². The summed E-state index contributed by atoms with van der Waals surface area (Å²) in [6.07, 6.45) is -1.79. The zero-order chi connectivity index (χ0) is 13.2. The van der Waals surface area contributed by atoms with E-state index in [0.29, 0.717) is 4.31 Å². The molecule has 1 heterocycles. The lowest BCUT2D eigenvalue weighted by Gasteiger charge is -2.16. The van der Waals surface area contributed by atoms with Gasteiger partial charge in [0.25, 0.3) is 6.43 Å². The smallest absolute Gasteiger partial charge is 0.242 e. The highest BCUT2D eigenvalue weighted by Gasteiger charge is 2.24. The Morgan fingerprint density at radius 2 is 2.06 bits per heavy atom. The molecule has 0 amide bonds. The molecule has 0 saturated carbocycles. The van der Waals surface area contributed by atoms with Crippen LogP contribution in [0, 0.1) is 0 Å². The molecule has 96 valence electrons. The fourth-order valence-corrected chi connectivity index (χ4v) is 2.47. The minimum atomic E-state index is -4.03. The molecule has 0 aliphatic rings. The molecule has 0 unspecified atom stereocenters. The van der Waals surface area contributed by atoms with Crippen LogP contribution in [0.3, 0.4) is 0 Å². The van der Waals surface area contributed by atoms with Gasteiger partial charge < -0.3 is 0 Å². The van der Waals surface area contributed by atoms with Gasteiger partial charge in [0.15, 0.2) is 0 Å². The van der Waals surface area contributed by atoms with Gasteiger partial charge in [-0.05, 0) is 6.07 Å². The Labute approximate surface area is 107 Å². The Morgan fingerprint density at radius 1 is 1.47 bits per heavy atom.